The fourth-order valence-corrected chi connectivity index (χ4v) is 9.99. The van der Waals surface area contributed by atoms with Crippen molar-refractivity contribution < 1.29 is 44.8 Å². The molecular weight excluding hydrogens is 1050 g/mol. The summed E-state index contributed by atoms with van der Waals surface area (Å²) in [5.41, 5.74) is 2.77. The number of hydrogen-bond acceptors (Lipinski definition) is 10. The van der Waals surface area contributed by atoms with Crippen LogP contribution in [0.4, 0.5) is 0 Å². The maximum absolute atomic E-state index is 12.8. The Balaban J connectivity index is 0.000000203. The molecule has 17 heteroatoms. The minimum absolute atomic E-state index is 0.435. The van der Waals surface area contributed by atoms with Crippen LogP contribution in [0.1, 0.15) is 0 Å². The summed E-state index contributed by atoms with van der Waals surface area (Å²) in [7, 11) is -8.38. The predicted octanol–water partition coefficient (Wildman–Crippen LogP) is 13.3. The first-order chi connectivity index (χ1) is 31.6. The number of para-hydroxylation sites is 2. The molecule has 0 spiro atoms. The van der Waals surface area contributed by atoms with E-state index in [-0.39, 0.29) is 0 Å². The normalized spacial score (nSPS) is 11.2. The topological polar surface area (TPSA) is 139 Å². The molecule has 65 heavy (non-hydrogen) atoms. The molecule has 8 aromatic carbocycles. The summed E-state index contributed by atoms with van der Waals surface area (Å²) in [4.78, 5) is 0. The fraction of sp³-hybridized carbons (Fsp3) is 0. The van der Waals surface area contributed by atoms with Crippen LogP contribution < -0.4 is 39.3 Å². The third-order valence-corrected chi connectivity index (χ3v) is 14.2. The SMILES string of the molecule is O=S=O.O=[P+](Oc1ccccc1-c1ccc(Br)cc1O[P+](=O)c1ccccc1)c1ccccc1.O=[P+](Oc1ccccc1-c1ccc(Br)cc1O[P+](=O)c1ccccc1)c1ccccc1. The Bertz CT molecular complexity index is 2770. The number of benzene rings is 8. The Morgan fingerprint density at radius 1 is 0.308 bits per heavy atom. The van der Waals surface area contributed by atoms with Crippen LogP contribution in [0.5, 0.6) is 23.0 Å². The molecule has 0 fully saturated rings. The van der Waals surface area contributed by atoms with Gasteiger partial charge in [0.2, 0.25) is 21.2 Å². The smallest absolute Gasteiger partial charge is 0.250 e. The van der Waals surface area contributed by atoms with Gasteiger partial charge in [-0.2, -0.15) is 8.42 Å². The molecule has 0 radical (unpaired) electrons. The van der Waals surface area contributed by atoms with E-state index in [1.807, 2.05) is 133 Å². The van der Waals surface area contributed by atoms with Crippen LogP contribution in [0.2, 0.25) is 0 Å². The quantitative estimate of drug-likeness (QED) is 0.0967. The lowest BCUT2D eigenvalue weighted by Gasteiger charge is -2.08. The van der Waals surface area contributed by atoms with E-state index in [4.69, 9.17) is 26.5 Å². The molecule has 8 rings (SSSR count). The Labute approximate surface area is 399 Å². The van der Waals surface area contributed by atoms with Gasteiger partial charge in [0.1, 0.15) is 0 Å². The molecule has 8 aromatic rings. The number of hydrogen-bond donors (Lipinski definition) is 0. The summed E-state index contributed by atoms with van der Waals surface area (Å²) in [6.45, 7) is 0. The van der Waals surface area contributed by atoms with Gasteiger partial charge in [-0.15, -0.1) is 0 Å². The van der Waals surface area contributed by atoms with E-state index in [0.29, 0.717) is 66.5 Å². The van der Waals surface area contributed by atoms with E-state index >= 15 is 0 Å². The van der Waals surface area contributed by atoms with Gasteiger partial charge in [0.25, 0.3) is 0 Å². The minimum atomic E-state index is -2.10. The monoisotopic (exact) mass is 1080 g/mol. The average molecular weight is 1090 g/mol. The molecule has 0 aromatic heterocycles. The van der Waals surface area contributed by atoms with E-state index in [2.05, 4.69) is 31.9 Å². The Morgan fingerprint density at radius 3 is 0.831 bits per heavy atom. The molecular formula is C48H34Br2O10P4S+4. The van der Waals surface area contributed by atoms with Crippen LogP contribution in [-0.2, 0) is 29.8 Å². The highest BCUT2D eigenvalue weighted by Crippen LogP contribution is 2.45. The van der Waals surface area contributed by atoms with Gasteiger partial charge in [-0.25, -0.2) is 18.1 Å². The van der Waals surface area contributed by atoms with Gasteiger partial charge in [-0.1, -0.05) is 141 Å². The summed E-state index contributed by atoms with van der Waals surface area (Å²) in [5, 5.41) is 2.40. The van der Waals surface area contributed by atoms with Crippen molar-refractivity contribution in [2.75, 3.05) is 0 Å². The van der Waals surface area contributed by atoms with E-state index in [9.17, 15) is 18.3 Å². The molecule has 4 atom stereocenters. The minimum Gasteiger partial charge on any atom is -0.250 e. The molecule has 0 N–H and O–H groups in total. The van der Waals surface area contributed by atoms with Crippen molar-refractivity contribution in [2.45, 2.75) is 0 Å². The molecule has 0 aliphatic carbocycles. The van der Waals surface area contributed by atoms with E-state index in [0.717, 1.165) is 8.95 Å². The van der Waals surface area contributed by atoms with Crippen LogP contribution >= 0.6 is 64.0 Å². The van der Waals surface area contributed by atoms with Gasteiger partial charge < -0.3 is 0 Å². The van der Waals surface area contributed by atoms with Gasteiger partial charge in [0.05, 0.1) is 0 Å². The Hall–Kier alpha value is -5.86. The van der Waals surface area contributed by atoms with Gasteiger partial charge in [-0.05, 0) is 103 Å². The second-order valence-corrected chi connectivity index (χ2v) is 19.9. The van der Waals surface area contributed by atoms with Crippen LogP contribution in [0.25, 0.3) is 22.3 Å². The maximum Gasteiger partial charge on any atom is 0.597 e. The van der Waals surface area contributed by atoms with Crippen LogP contribution in [-0.4, -0.2) is 8.42 Å². The first-order valence-corrected chi connectivity index (χ1v) is 26.1. The highest BCUT2D eigenvalue weighted by Gasteiger charge is 2.31. The zero-order valence-electron chi connectivity index (χ0n) is 33.7. The molecule has 0 aliphatic rings. The van der Waals surface area contributed by atoms with Gasteiger partial charge >= 0.3 is 43.7 Å². The van der Waals surface area contributed by atoms with Crippen molar-refractivity contribution in [3.05, 3.63) is 215 Å². The Morgan fingerprint density at radius 2 is 0.538 bits per heavy atom. The summed E-state index contributed by atoms with van der Waals surface area (Å²) in [6, 6.07) is 61.6. The second-order valence-electron chi connectivity index (χ2n) is 13.1. The molecule has 0 bridgehead atoms. The first kappa shape index (κ1) is 48.6. The van der Waals surface area contributed by atoms with Gasteiger partial charge in [0.15, 0.2) is 23.0 Å². The highest BCUT2D eigenvalue weighted by atomic mass is 79.9. The van der Waals surface area contributed by atoms with Crippen molar-refractivity contribution in [3.63, 3.8) is 0 Å². The van der Waals surface area contributed by atoms with Crippen LogP contribution in [0.15, 0.2) is 215 Å². The van der Waals surface area contributed by atoms with Crippen molar-refractivity contribution in [1.29, 1.82) is 0 Å². The molecule has 0 heterocycles. The van der Waals surface area contributed by atoms with Crippen molar-refractivity contribution >= 4 is 96.8 Å². The average Bonchev–Trinajstić information content (AvgIpc) is 3.34. The summed E-state index contributed by atoms with van der Waals surface area (Å²) in [6.07, 6.45) is 0. The van der Waals surface area contributed by atoms with Gasteiger partial charge in [0, 0.05) is 43.3 Å². The number of halogens is 2. The molecule has 0 saturated carbocycles. The largest absolute Gasteiger partial charge is 0.597 e. The van der Waals surface area contributed by atoms with Crippen molar-refractivity contribution in [2.24, 2.45) is 0 Å². The van der Waals surface area contributed by atoms with E-state index < -0.39 is 43.7 Å². The maximum atomic E-state index is 12.8. The second kappa shape index (κ2) is 25.0. The molecule has 4 unspecified atom stereocenters. The zero-order chi connectivity index (χ0) is 46.0. The molecule has 0 amide bonds. The Kier molecular flexibility index (Phi) is 18.7. The zero-order valence-corrected chi connectivity index (χ0v) is 41.2. The number of rotatable bonds is 14. The summed E-state index contributed by atoms with van der Waals surface area (Å²) >= 11 is 6.15. The van der Waals surface area contributed by atoms with Crippen LogP contribution in [0.3, 0.4) is 0 Å². The van der Waals surface area contributed by atoms with Gasteiger partial charge in [-0.3, -0.25) is 0 Å². The molecule has 0 saturated heterocycles. The highest BCUT2D eigenvalue weighted by molar-refractivity contribution is 9.10. The predicted molar refractivity (Wildman–Crippen MR) is 265 cm³/mol. The first-order valence-electron chi connectivity index (χ1n) is 19.2. The van der Waals surface area contributed by atoms with E-state index in [1.54, 1.807) is 72.8 Å². The third-order valence-electron chi connectivity index (χ3n) is 8.83. The van der Waals surface area contributed by atoms with Crippen molar-refractivity contribution in [3.8, 4) is 45.3 Å². The standard InChI is InChI=1S/2C24H17BrO4P2.O2S/c2*25-18-15-16-22(24(17-18)29-31(27)20-11-5-2-6-12-20)21-13-7-8-14-23(21)28-30(26)19-9-3-1-4-10-19;1-3-2/h2*1-17H;/q2*+2;. The van der Waals surface area contributed by atoms with E-state index in [1.165, 1.54) is 0 Å². The lowest BCUT2D eigenvalue weighted by Crippen LogP contribution is -2.01. The van der Waals surface area contributed by atoms with Crippen LogP contribution in [0, 0.1) is 0 Å². The van der Waals surface area contributed by atoms with Crippen molar-refractivity contribution in [1.82, 2.24) is 0 Å². The molecule has 0 aliphatic heterocycles. The fourth-order valence-electron chi connectivity index (χ4n) is 5.89. The summed E-state index contributed by atoms with van der Waals surface area (Å²) in [5.74, 6) is 1.78. The lowest BCUT2D eigenvalue weighted by molar-refractivity contribution is 0.511. The molecule has 10 nitrogen and oxygen atoms in total. The summed E-state index contributed by atoms with van der Waals surface area (Å²) < 4.78 is 92.6. The third kappa shape index (κ3) is 14.1. The molecule has 322 valence electrons. The lowest BCUT2D eigenvalue weighted by atomic mass is 10.0.